The van der Waals surface area contributed by atoms with Crippen LogP contribution in [0.1, 0.15) is 20.3 Å². The first-order chi connectivity index (χ1) is 13.0. The Morgan fingerprint density at radius 1 is 1.07 bits per heavy atom. The molecule has 1 aromatic carbocycles. The molecule has 1 aliphatic heterocycles. The third kappa shape index (κ3) is 6.90. The van der Waals surface area contributed by atoms with E-state index in [1.165, 1.54) is 0 Å². The summed E-state index contributed by atoms with van der Waals surface area (Å²) in [6.45, 7) is 7.12. The molecule has 0 spiro atoms. The molecule has 0 radical (unpaired) electrons. The van der Waals surface area contributed by atoms with Gasteiger partial charge in [0.25, 0.3) is 0 Å². The van der Waals surface area contributed by atoms with Crippen molar-refractivity contribution < 1.29 is 14.4 Å². The molecular weight excluding hydrogens is 346 g/mol. The summed E-state index contributed by atoms with van der Waals surface area (Å²) in [7, 11) is 0. The lowest BCUT2D eigenvalue weighted by atomic mass is 10.2. The van der Waals surface area contributed by atoms with Crippen LogP contribution in [0.3, 0.4) is 0 Å². The SMILES string of the molecule is CCCNC(=O)CN1CCN(C(=O)[C@H](C)NC(=O)Nc2ccccc2)CC1. The van der Waals surface area contributed by atoms with Crippen molar-refractivity contribution in [1.29, 1.82) is 0 Å². The van der Waals surface area contributed by atoms with Gasteiger partial charge in [-0.05, 0) is 25.5 Å². The van der Waals surface area contributed by atoms with Gasteiger partial charge in [0.1, 0.15) is 6.04 Å². The monoisotopic (exact) mass is 375 g/mol. The van der Waals surface area contributed by atoms with Crippen LogP contribution in [0.5, 0.6) is 0 Å². The number of nitrogens with zero attached hydrogens (tertiary/aromatic N) is 2. The van der Waals surface area contributed by atoms with E-state index in [1.807, 2.05) is 30.0 Å². The van der Waals surface area contributed by atoms with Crippen LogP contribution < -0.4 is 16.0 Å². The van der Waals surface area contributed by atoms with Crippen molar-refractivity contribution in [2.75, 3.05) is 44.6 Å². The minimum absolute atomic E-state index is 0.0178. The van der Waals surface area contributed by atoms with Crippen LogP contribution in [0.25, 0.3) is 0 Å². The topological polar surface area (TPSA) is 93.8 Å². The largest absolute Gasteiger partial charge is 0.355 e. The molecule has 8 heteroatoms. The molecule has 0 bridgehead atoms. The average Bonchev–Trinajstić information content (AvgIpc) is 2.67. The van der Waals surface area contributed by atoms with Crippen LogP contribution in [0.4, 0.5) is 10.5 Å². The molecule has 0 aromatic heterocycles. The molecule has 148 valence electrons. The van der Waals surface area contributed by atoms with Gasteiger partial charge in [-0.25, -0.2) is 4.79 Å². The fourth-order valence-electron chi connectivity index (χ4n) is 2.87. The van der Waals surface area contributed by atoms with E-state index in [0.29, 0.717) is 45.0 Å². The van der Waals surface area contributed by atoms with Crippen molar-refractivity contribution in [3.8, 4) is 0 Å². The summed E-state index contributed by atoms with van der Waals surface area (Å²) in [5, 5.41) is 8.23. The number of benzene rings is 1. The zero-order valence-electron chi connectivity index (χ0n) is 16.0. The number of hydrogen-bond acceptors (Lipinski definition) is 4. The first kappa shape index (κ1) is 20.7. The number of amides is 4. The van der Waals surface area contributed by atoms with Crippen molar-refractivity contribution in [2.45, 2.75) is 26.3 Å². The Bertz CT molecular complexity index is 629. The Hall–Kier alpha value is -2.61. The number of anilines is 1. The summed E-state index contributed by atoms with van der Waals surface area (Å²) in [4.78, 5) is 40.1. The molecule has 1 atom stereocenters. The van der Waals surface area contributed by atoms with Gasteiger partial charge < -0.3 is 20.9 Å². The van der Waals surface area contributed by atoms with Crippen LogP contribution in [-0.4, -0.2) is 73.0 Å². The van der Waals surface area contributed by atoms with Gasteiger partial charge in [0.15, 0.2) is 0 Å². The van der Waals surface area contributed by atoms with Crippen molar-refractivity contribution >= 4 is 23.5 Å². The molecule has 1 aliphatic rings. The second-order valence-electron chi connectivity index (χ2n) is 6.64. The van der Waals surface area contributed by atoms with Crippen molar-refractivity contribution in [3.05, 3.63) is 30.3 Å². The maximum atomic E-state index is 12.5. The lowest BCUT2D eigenvalue weighted by molar-refractivity contribution is -0.134. The number of para-hydroxylation sites is 1. The third-order valence-corrected chi connectivity index (χ3v) is 4.37. The Balaban J connectivity index is 1.72. The van der Waals surface area contributed by atoms with Crippen LogP contribution >= 0.6 is 0 Å². The van der Waals surface area contributed by atoms with Gasteiger partial charge >= 0.3 is 6.03 Å². The van der Waals surface area contributed by atoms with E-state index in [9.17, 15) is 14.4 Å². The number of urea groups is 1. The van der Waals surface area contributed by atoms with Crippen LogP contribution in [-0.2, 0) is 9.59 Å². The Labute approximate surface area is 160 Å². The second-order valence-corrected chi connectivity index (χ2v) is 6.64. The standard InChI is InChI=1S/C19H29N5O3/c1-3-9-20-17(25)14-23-10-12-24(13-11-23)18(26)15(2)21-19(27)22-16-7-5-4-6-8-16/h4-8,15H,3,9-14H2,1-2H3,(H,20,25)(H2,21,22,27)/t15-/m0/s1. The Morgan fingerprint density at radius 3 is 2.37 bits per heavy atom. The van der Waals surface area contributed by atoms with Gasteiger partial charge in [-0.3, -0.25) is 14.5 Å². The maximum Gasteiger partial charge on any atom is 0.319 e. The summed E-state index contributed by atoms with van der Waals surface area (Å²) >= 11 is 0. The molecule has 0 saturated carbocycles. The van der Waals surface area contributed by atoms with Gasteiger partial charge in [-0.2, -0.15) is 0 Å². The van der Waals surface area contributed by atoms with E-state index >= 15 is 0 Å². The molecule has 2 rings (SSSR count). The van der Waals surface area contributed by atoms with Gasteiger partial charge in [0, 0.05) is 38.4 Å². The molecule has 1 heterocycles. The quantitative estimate of drug-likeness (QED) is 0.659. The second kappa shape index (κ2) is 10.5. The maximum absolute atomic E-state index is 12.5. The van der Waals surface area contributed by atoms with Crippen LogP contribution in [0, 0.1) is 0 Å². The van der Waals surface area contributed by atoms with Crippen molar-refractivity contribution in [2.24, 2.45) is 0 Å². The molecule has 1 fully saturated rings. The van der Waals surface area contributed by atoms with Gasteiger partial charge in [-0.15, -0.1) is 0 Å². The van der Waals surface area contributed by atoms with E-state index in [2.05, 4.69) is 16.0 Å². The van der Waals surface area contributed by atoms with Crippen LogP contribution in [0.2, 0.25) is 0 Å². The highest BCUT2D eigenvalue weighted by Gasteiger charge is 2.26. The van der Waals surface area contributed by atoms with E-state index in [0.717, 1.165) is 6.42 Å². The number of carbonyl (C=O) groups is 3. The zero-order chi connectivity index (χ0) is 19.6. The highest BCUT2D eigenvalue weighted by molar-refractivity contribution is 5.93. The number of carbonyl (C=O) groups excluding carboxylic acids is 3. The fourth-order valence-corrected chi connectivity index (χ4v) is 2.87. The van der Waals surface area contributed by atoms with E-state index in [1.54, 1.807) is 24.0 Å². The van der Waals surface area contributed by atoms with Crippen LogP contribution in [0.15, 0.2) is 30.3 Å². The molecule has 0 unspecified atom stereocenters. The van der Waals surface area contributed by atoms with E-state index in [4.69, 9.17) is 0 Å². The lowest BCUT2D eigenvalue weighted by Crippen LogP contribution is -2.55. The predicted octanol–water partition coefficient (Wildman–Crippen LogP) is 0.867. The van der Waals surface area contributed by atoms with Gasteiger partial charge in [0.05, 0.1) is 6.54 Å². The third-order valence-electron chi connectivity index (χ3n) is 4.37. The van der Waals surface area contributed by atoms with Gasteiger partial charge in [-0.1, -0.05) is 25.1 Å². The number of nitrogens with one attached hydrogen (secondary N) is 3. The summed E-state index contributed by atoms with van der Waals surface area (Å²) in [6, 6.07) is 8.05. The molecule has 1 saturated heterocycles. The molecule has 4 amide bonds. The van der Waals surface area contributed by atoms with Crippen molar-refractivity contribution in [1.82, 2.24) is 20.4 Å². The summed E-state index contributed by atoms with van der Waals surface area (Å²) < 4.78 is 0. The summed E-state index contributed by atoms with van der Waals surface area (Å²) in [6.07, 6.45) is 0.913. The number of hydrogen-bond donors (Lipinski definition) is 3. The highest BCUT2D eigenvalue weighted by atomic mass is 16.2. The number of rotatable bonds is 7. The minimum atomic E-state index is -0.617. The Morgan fingerprint density at radius 2 is 1.74 bits per heavy atom. The van der Waals surface area contributed by atoms with Crippen molar-refractivity contribution in [3.63, 3.8) is 0 Å². The number of piperazine rings is 1. The van der Waals surface area contributed by atoms with E-state index in [-0.39, 0.29) is 11.8 Å². The summed E-state index contributed by atoms with van der Waals surface area (Å²) in [5.41, 5.74) is 0.671. The fraction of sp³-hybridized carbons (Fsp3) is 0.526. The minimum Gasteiger partial charge on any atom is -0.355 e. The molecule has 3 N–H and O–H groups in total. The molecule has 8 nitrogen and oxygen atoms in total. The van der Waals surface area contributed by atoms with E-state index < -0.39 is 12.1 Å². The normalized spacial score (nSPS) is 15.7. The molecule has 27 heavy (non-hydrogen) atoms. The highest BCUT2D eigenvalue weighted by Crippen LogP contribution is 2.06. The molecular formula is C19H29N5O3. The lowest BCUT2D eigenvalue weighted by Gasteiger charge is -2.35. The molecule has 0 aliphatic carbocycles. The predicted molar refractivity (Wildman–Crippen MR) is 104 cm³/mol. The Kier molecular flexibility index (Phi) is 8.06. The smallest absolute Gasteiger partial charge is 0.319 e. The first-order valence-electron chi connectivity index (χ1n) is 9.40. The zero-order valence-corrected chi connectivity index (χ0v) is 16.0. The first-order valence-corrected chi connectivity index (χ1v) is 9.40. The molecule has 1 aromatic rings. The summed E-state index contributed by atoms with van der Waals surface area (Å²) in [5.74, 6) is -0.0995. The van der Waals surface area contributed by atoms with Gasteiger partial charge in [0.2, 0.25) is 11.8 Å². The average molecular weight is 375 g/mol.